The van der Waals surface area contributed by atoms with E-state index in [1.165, 1.54) is 25.9 Å². The standard InChI is InChI=1S/C14H23N3O/c1-2-12-15-14(5-6-14)13(18)17(12)11-9-16-7-3-10(11)4-8-16/h10-12,15H,2-9H2,1H3. The lowest BCUT2D eigenvalue weighted by Crippen LogP contribution is -2.60. The number of amides is 1. The Kier molecular flexibility index (Phi) is 2.31. The molecule has 4 saturated heterocycles. The number of carbonyl (C=O) groups is 1. The summed E-state index contributed by atoms with van der Waals surface area (Å²) in [5.41, 5.74) is -0.132. The van der Waals surface area contributed by atoms with E-state index in [4.69, 9.17) is 0 Å². The molecule has 5 aliphatic rings. The first-order valence-corrected chi connectivity index (χ1v) is 7.56. The van der Waals surface area contributed by atoms with Crippen molar-refractivity contribution in [3.8, 4) is 0 Å². The molecular weight excluding hydrogens is 226 g/mol. The lowest BCUT2D eigenvalue weighted by Gasteiger charge is -2.49. The number of carbonyl (C=O) groups excluding carboxylic acids is 1. The number of hydrogen-bond donors (Lipinski definition) is 1. The van der Waals surface area contributed by atoms with Gasteiger partial charge < -0.3 is 9.80 Å². The Morgan fingerprint density at radius 3 is 2.56 bits per heavy atom. The molecule has 1 aliphatic carbocycles. The molecule has 0 aromatic heterocycles. The van der Waals surface area contributed by atoms with Gasteiger partial charge in [0.1, 0.15) is 0 Å². The van der Waals surface area contributed by atoms with Crippen LogP contribution in [0.1, 0.15) is 39.0 Å². The van der Waals surface area contributed by atoms with Gasteiger partial charge in [-0.15, -0.1) is 0 Å². The van der Waals surface area contributed by atoms with E-state index < -0.39 is 0 Å². The van der Waals surface area contributed by atoms with Crippen molar-refractivity contribution in [3.63, 3.8) is 0 Å². The highest BCUT2D eigenvalue weighted by molar-refractivity contribution is 5.92. The molecule has 1 N–H and O–H groups in total. The molecule has 5 rings (SSSR count). The molecule has 4 heteroatoms. The van der Waals surface area contributed by atoms with Gasteiger partial charge in [0.05, 0.1) is 11.7 Å². The number of hydrogen-bond acceptors (Lipinski definition) is 3. The maximum atomic E-state index is 12.7. The highest BCUT2D eigenvalue weighted by Gasteiger charge is 2.60. The van der Waals surface area contributed by atoms with E-state index in [1.54, 1.807) is 0 Å². The number of rotatable bonds is 2. The van der Waals surface area contributed by atoms with E-state index in [0.29, 0.717) is 18.1 Å². The summed E-state index contributed by atoms with van der Waals surface area (Å²) >= 11 is 0. The summed E-state index contributed by atoms with van der Waals surface area (Å²) in [5.74, 6) is 1.16. The van der Waals surface area contributed by atoms with Crippen molar-refractivity contribution in [2.45, 2.75) is 56.8 Å². The van der Waals surface area contributed by atoms with E-state index in [2.05, 4.69) is 22.0 Å². The van der Waals surface area contributed by atoms with Crippen LogP contribution in [0, 0.1) is 5.92 Å². The van der Waals surface area contributed by atoms with Crippen molar-refractivity contribution in [1.29, 1.82) is 0 Å². The maximum absolute atomic E-state index is 12.7. The van der Waals surface area contributed by atoms with E-state index in [-0.39, 0.29) is 5.54 Å². The van der Waals surface area contributed by atoms with Crippen LogP contribution in [0.15, 0.2) is 0 Å². The van der Waals surface area contributed by atoms with Crippen molar-refractivity contribution < 1.29 is 4.79 Å². The molecule has 4 aliphatic heterocycles. The van der Waals surface area contributed by atoms with Gasteiger partial charge in [0.25, 0.3) is 0 Å². The van der Waals surface area contributed by atoms with Crippen molar-refractivity contribution in [2.75, 3.05) is 19.6 Å². The third-order valence-corrected chi connectivity index (χ3v) is 5.54. The van der Waals surface area contributed by atoms with Crippen molar-refractivity contribution in [3.05, 3.63) is 0 Å². The Hall–Kier alpha value is -0.610. The van der Waals surface area contributed by atoms with Crippen LogP contribution in [0.25, 0.3) is 0 Å². The Balaban J connectivity index is 1.61. The molecule has 4 nitrogen and oxygen atoms in total. The van der Waals surface area contributed by atoms with Gasteiger partial charge in [-0.05, 0) is 51.1 Å². The fourth-order valence-corrected chi connectivity index (χ4v) is 4.25. The highest BCUT2D eigenvalue weighted by Crippen LogP contribution is 2.45. The third-order valence-electron chi connectivity index (χ3n) is 5.54. The number of nitrogens with one attached hydrogen (secondary N) is 1. The molecule has 1 saturated carbocycles. The Morgan fingerprint density at radius 2 is 2.06 bits per heavy atom. The van der Waals surface area contributed by atoms with Crippen LogP contribution < -0.4 is 5.32 Å². The quantitative estimate of drug-likeness (QED) is 0.785. The van der Waals surface area contributed by atoms with Gasteiger partial charge >= 0.3 is 0 Å². The summed E-state index contributed by atoms with van der Waals surface area (Å²) in [6, 6.07) is 0.484. The van der Waals surface area contributed by atoms with E-state index in [0.717, 1.165) is 31.7 Å². The molecule has 0 aromatic rings. The van der Waals surface area contributed by atoms with Gasteiger partial charge in [0, 0.05) is 12.6 Å². The average molecular weight is 249 g/mol. The minimum Gasteiger partial charge on any atom is -0.321 e. The summed E-state index contributed by atoms with van der Waals surface area (Å²) < 4.78 is 0. The van der Waals surface area contributed by atoms with Crippen LogP contribution in [0.3, 0.4) is 0 Å². The van der Waals surface area contributed by atoms with Gasteiger partial charge in [0.15, 0.2) is 0 Å². The molecule has 2 unspecified atom stereocenters. The Labute approximate surface area is 109 Å². The second kappa shape index (κ2) is 3.70. The predicted octanol–water partition coefficient (Wildman–Crippen LogP) is 0.781. The van der Waals surface area contributed by atoms with Crippen LogP contribution in [0.4, 0.5) is 0 Å². The van der Waals surface area contributed by atoms with Crippen LogP contribution in [-0.2, 0) is 4.79 Å². The molecule has 2 atom stereocenters. The van der Waals surface area contributed by atoms with Crippen molar-refractivity contribution in [1.82, 2.24) is 15.1 Å². The summed E-state index contributed by atoms with van der Waals surface area (Å²) in [4.78, 5) is 17.5. The van der Waals surface area contributed by atoms with Gasteiger partial charge in [-0.1, -0.05) is 6.92 Å². The third kappa shape index (κ3) is 1.42. The van der Waals surface area contributed by atoms with Gasteiger partial charge in [-0.25, -0.2) is 0 Å². The first-order chi connectivity index (χ1) is 8.73. The molecule has 1 amide bonds. The summed E-state index contributed by atoms with van der Waals surface area (Å²) in [7, 11) is 0. The van der Waals surface area contributed by atoms with Gasteiger partial charge in [-0.3, -0.25) is 10.1 Å². The van der Waals surface area contributed by atoms with Gasteiger partial charge in [-0.2, -0.15) is 0 Å². The SMILES string of the molecule is CCC1NC2(CC2)C(=O)N1C1CN2CCC1CC2. The fraction of sp³-hybridized carbons (Fsp3) is 0.929. The predicted molar refractivity (Wildman–Crippen MR) is 69.0 cm³/mol. The molecular formula is C14H23N3O. The second-order valence-corrected chi connectivity index (χ2v) is 6.57. The largest absolute Gasteiger partial charge is 0.321 e. The Morgan fingerprint density at radius 1 is 1.33 bits per heavy atom. The van der Waals surface area contributed by atoms with Crippen molar-refractivity contribution in [2.24, 2.45) is 5.92 Å². The van der Waals surface area contributed by atoms with E-state index in [9.17, 15) is 4.79 Å². The molecule has 5 fully saturated rings. The monoisotopic (exact) mass is 249 g/mol. The first kappa shape index (κ1) is 11.2. The van der Waals surface area contributed by atoms with E-state index in [1.807, 2.05) is 0 Å². The molecule has 1 spiro atoms. The molecule has 4 heterocycles. The molecule has 100 valence electrons. The van der Waals surface area contributed by atoms with Gasteiger partial charge in [0.2, 0.25) is 5.91 Å². The highest BCUT2D eigenvalue weighted by atomic mass is 16.2. The minimum atomic E-state index is -0.132. The molecule has 0 radical (unpaired) electrons. The Bertz CT molecular complexity index is 371. The van der Waals surface area contributed by atoms with E-state index >= 15 is 0 Å². The minimum absolute atomic E-state index is 0.132. The zero-order chi connectivity index (χ0) is 12.3. The van der Waals surface area contributed by atoms with Crippen LogP contribution >= 0.6 is 0 Å². The summed E-state index contributed by atoms with van der Waals surface area (Å²) in [6.45, 7) is 5.81. The van der Waals surface area contributed by atoms with Crippen LogP contribution in [-0.4, -0.2) is 53.1 Å². The first-order valence-electron chi connectivity index (χ1n) is 7.56. The summed E-state index contributed by atoms with van der Waals surface area (Å²) in [5, 5.41) is 3.61. The molecule has 2 bridgehead atoms. The van der Waals surface area contributed by atoms with Crippen LogP contribution in [0.5, 0.6) is 0 Å². The summed E-state index contributed by atoms with van der Waals surface area (Å²) in [6.07, 6.45) is 6.03. The second-order valence-electron chi connectivity index (χ2n) is 6.57. The zero-order valence-electron chi connectivity index (χ0n) is 11.2. The topological polar surface area (TPSA) is 35.6 Å². The lowest BCUT2D eigenvalue weighted by atomic mass is 9.83. The average Bonchev–Trinajstić information content (AvgIpc) is 3.14. The smallest absolute Gasteiger partial charge is 0.244 e. The van der Waals surface area contributed by atoms with Crippen molar-refractivity contribution >= 4 is 5.91 Å². The zero-order valence-corrected chi connectivity index (χ0v) is 11.2. The number of fused-ring (bicyclic) bond motifs is 3. The molecule has 18 heavy (non-hydrogen) atoms. The number of nitrogens with zero attached hydrogens (tertiary/aromatic N) is 2. The van der Waals surface area contributed by atoms with Crippen LogP contribution in [0.2, 0.25) is 0 Å². The molecule has 0 aromatic carbocycles. The normalized spacial score (nSPS) is 44.9. The lowest BCUT2D eigenvalue weighted by molar-refractivity contribution is -0.137. The maximum Gasteiger partial charge on any atom is 0.244 e. The number of piperidine rings is 3. The fourth-order valence-electron chi connectivity index (χ4n) is 4.25.